The molecule has 4 atom stereocenters. The van der Waals surface area contributed by atoms with Gasteiger partial charge in [0.1, 0.15) is 0 Å². The second-order valence-corrected chi connectivity index (χ2v) is 10.3. The Bertz CT molecular complexity index is 994. The molecule has 1 amide bonds. The molecule has 0 radical (unpaired) electrons. The van der Waals surface area contributed by atoms with Gasteiger partial charge in [-0.2, -0.15) is 0 Å². The number of nitrogens with one attached hydrogen (secondary N) is 1. The van der Waals surface area contributed by atoms with Crippen LogP contribution >= 0.6 is 0 Å². The molecular formula is C27H37N5O2. The van der Waals surface area contributed by atoms with Crippen LogP contribution in [0.4, 0.5) is 5.95 Å². The number of benzene rings is 1. The fourth-order valence-electron chi connectivity index (χ4n) is 5.85. The third kappa shape index (κ3) is 4.68. The Hall–Kier alpha value is -2.51. The minimum absolute atomic E-state index is 0.00327. The average Bonchev–Trinajstić information content (AvgIpc) is 2.87. The van der Waals surface area contributed by atoms with Gasteiger partial charge >= 0.3 is 0 Å². The first-order valence-corrected chi connectivity index (χ1v) is 12.8. The van der Waals surface area contributed by atoms with Crippen molar-refractivity contribution in [2.75, 3.05) is 45.2 Å². The highest BCUT2D eigenvalue weighted by Crippen LogP contribution is 2.39. The lowest BCUT2D eigenvalue weighted by atomic mass is 9.79. The molecule has 0 spiro atoms. The SMILES string of the molecule is C[C@H]1CN(C(=O)[C@H]2CCN(C)C[C@@H]2c2ccccc2)[C@@H](C)c2nc(NC3CCOCC3)ncc21. The molecule has 7 heteroatoms. The Labute approximate surface area is 202 Å². The second-order valence-electron chi connectivity index (χ2n) is 10.3. The molecule has 1 N–H and O–H groups in total. The monoisotopic (exact) mass is 463 g/mol. The van der Waals surface area contributed by atoms with E-state index in [1.807, 2.05) is 12.3 Å². The summed E-state index contributed by atoms with van der Waals surface area (Å²) in [6.45, 7) is 8.45. The Morgan fingerprint density at radius 3 is 2.62 bits per heavy atom. The number of aromatic nitrogens is 2. The number of carbonyl (C=O) groups excluding carboxylic acids is 1. The molecule has 3 aliphatic heterocycles. The van der Waals surface area contributed by atoms with Crippen LogP contribution < -0.4 is 5.32 Å². The molecule has 34 heavy (non-hydrogen) atoms. The molecule has 2 aromatic rings. The van der Waals surface area contributed by atoms with E-state index in [9.17, 15) is 4.79 Å². The molecule has 3 aliphatic rings. The molecule has 0 bridgehead atoms. The Balaban J connectivity index is 1.38. The lowest BCUT2D eigenvalue weighted by Crippen LogP contribution is -2.49. The molecular weight excluding hydrogens is 426 g/mol. The predicted octanol–water partition coefficient (Wildman–Crippen LogP) is 3.81. The maximum atomic E-state index is 14.0. The van der Waals surface area contributed by atoms with Crippen LogP contribution in [0.25, 0.3) is 0 Å². The van der Waals surface area contributed by atoms with E-state index in [0.29, 0.717) is 12.0 Å². The molecule has 0 aliphatic carbocycles. The van der Waals surface area contributed by atoms with Gasteiger partial charge in [0.2, 0.25) is 11.9 Å². The van der Waals surface area contributed by atoms with E-state index in [1.165, 1.54) is 5.56 Å². The summed E-state index contributed by atoms with van der Waals surface area (Å²) in [6, 6.07) is 10.8. The molecule has 1 aromatic carbocycles. The maximum absolute atomic E-state index is 14.0. The van der Waals surface area contributed by atoms with Crippen molar-refractivity contribution in [3.63, 3.8) is 0 Å². The van der Waals surface area contributed by atoms with Crippen LogP contribution in [0.1, 0.15) is 67.8 Å². The number of piperidine rings is 1. The third-order valence-corrected chi connectivity index (χ3v) is 7.91. The molecule has 0 unspecified atom stereocenters. The number of likely N-dealkylation sites (tertiary alicyclic amines) is 1. The zero-order valence-electron chi connectivity index (χ0n) is 20.6. The number of nitrogens with zero attached hydrogens (tertiary/aromatic N) is 4. The minimum atomic E-state index is -0.0620. The molecule has 4 heterocycles. The van der Waals surface area contributed by atoms with Gasteiger partial charge in [-0.05, 0) is 50.9 Å². The number of anilines is 1. The van der Waals surface area contributed by atoms with Crippen molar-refractivity contribution in [2.24, 2.45) is 5.92 Å². The molecule has 1 aromatic heterocycles. The molecule has 182 valence electrons. The van der Waals surface area contributed by atoms with Gasteiger partial charge in [-0.25, -0.2) is 9.97 Å². The van der Waals surface area contributed by atoms with Gasteiger partial charge < -0.3 is 19.9 Å². The highest BCUT2D eigenvalue weighted by Gasteiger charge is 2.41. The summed E-state index contributed by atoms with van der Waals surface area (Å²) >= 11 is 0. The van der Waals surface area contributed by atoms with E-state index in [1.54, 1.807) is 0 Å². The molecule has 2 fully saturated rings. The van der Waals surface area contributed by atoms with Crippen molar-refractivity contribution in [1.82, 2.24) is 19.8 Å². The van der Waals surface area contributed by atoms with Crippen LogP contribution in [-0.4, -0.2) is 71.6 Å². The summed E-state index contributed by atoms with van der Waals surface area (Å²) in [4.78, 5) is 28.0. The number of ether oxygens (including phenoxy) is 1. The fourth-order valence-corrected chi connectivity index (χ4v) is 5.85. The van der Waals surface area contributed by atoms with E-state index >= 15 is 0 Å². The Kier molecular flexibility index (Phi) is 6.84. The van der Waals surface area contributed by atoms with E-state index in [4.69, 9.17) is 9.72 Å². The second kappa shape index (κ2) is 10.0. The van der Waals surface area contributed by atoms with Crippen LogP contribution in [0, 0.1) is 5.92 Å². The first-order valence-electron chi connectivity index (χ1n) is 12.8. The highest BCUT2D eigenvalue weighted by atomic mass is 16.5. The van der Waals surface area contributed by atoms with E-state index < -0.39 is 0 Å². The summed E-state index contributed by atoms with van der Waals surface area (Å²) in [5.74, 6) is 1.36. The normalized spacial score (nSPS) is 28.4. The molecule has 7 nitrogen and oxygen atoms in total. The van der Waals surface area contributed by atoms with Crippen molar-refractivity contribution < 1.29 is 9.53 Å². The fraction of sp³-hybridized carbons (Fsp3) is 0.593. The van der Waals surface area contributed by atoms with Crippen molar-refractivity contribution in [3.8, 4) is 0 Å². The van der Waals surface area contributed by atoms with Gasteiger partial charge in [-0.3, -0.25) is 4.79 Å². The lowest BCUT2D eigenvalue weighted by molar-refractivity contribution is -0.141. The van der Waals surface area contributed by atoms with Crippen LogP contribution in [0.3, 0.4) is 0 Å². The highest BCUT2D eigenvalue weighted by molar-refractivity contribution is 5.81. The zero-order valence-corrected chi connectivity index (χ0v) is 20.6. The van der Waals surface area contributed by atoms with Crippen LogP contribution in [0.15, 0.2) is 36.5 Å². The molecule has 0 saturated carbocycles. The first-order chi connectivity index (χ1) is 16.5. The van der Waals surface area contributed by atoms with Gasteiger partial charge in [0, 0.05) is 56.3 Å². The van der Waals surface area contributed by atoms with Crippen molar-refractivity contribution in [1.29, 1.82) is 0 Å². The average molecular weight is 464 g/mol. The number of amides is 1. The number of fused-ring (bicyclic) bond motifs is 1. The van der Waals surface area contributed by atoms with Crippen LogP contribution in [0.2, 0.25) is 0 Å². The number of hydrogen-bond donors (Lipinski definition) is 1. The summed E-state index contributed by atoms with van der Waals surface area (Å²) in [5.41, 5.74) is 3.41. The molecule has 2 saturated heterocycles. The van der Waals surface area contributed by atoms with E-state index in [2.05, 4.69) is 65.3 Å². The Morgan fingerprint density at radius 2 is 1.85 bits per heavy atom. The van der Waals surface area contributed by atoms with Gasteiger partial charge in [0.05, 0.1) is 11.7 Å². The van der Waals surface area contributed by atoms with Gasteiger partial charge in [-0.1, -0.05) is 37.3 Å². The number of likely N-dealkylation sites (N-methyl/N-ethyl adjacent to an activating group) is 1. The van der Waals surface area contributed by atoms with Gasteiger partial charge in [0.15, 0.2) is 0 Å². The Morgan fingerprint density at radius 1 is 1.09 bits per heavy atom. The smallest absolute Gasteiger partial charge is 0.226 e. The van der Waals surface area contributed by atoms with Gasteiger partial charge in [0.25, 0.3) is 0 Å². The number of carbonyl (C=O) groups is 1. The standard InChI is InChI=1S/C27H37N5O2/c1-18-16-32(26(33)22-9-12-31(3)17-24(22)20-7-5-4-6-8-20)19(2)25-23(18)15-28-27(30-25)29-21-10-13-34-14-11-21/h4-8,15,18-19,21-22,24H,9-14,16-17H2,1-3H3,(H,28,29,30)/t18-,19-,22-,24+/m0/s1. The summed E-state index contributed by atoms with van der Waals surface area (Å²) < 4.78 is 5.48. The van der Waals surface area contributed by atoms with Gasteiger partial charge in [-0.15, -0.1) is 0 Å². The van der Waals surface area contributed by atoms with Crippen molar-refractivity contribution >= 4 is 11.9 Å². The molecule has 5 rings (SSSR count). The van der Waals surface area contributed by atoms with Crippen LogP contribution in [-0.2, 0) is 9.53 Å². The minimum Gasteiger partial charge on any atom is -0.381 e. The summed E-state index contributed by atoms with van der Waals surface area (Å²) in [7, 11) is 2.16. The predicted molar refractivity (Wildman–Crippen MR) is 133 cm³/mol. The zero-order chi connectivity index (χ0) is 23.7. The number of hydrogen-bond acceptors (Lipinski definition) is 6. The number of rotatable bonds is 4. The lowest BCUT2D eigenvalue weighted by Gasteiger charge is -2.43. The summed E-state index contributed by atoms with van der Waals surface area (Å²) in [6.07, 6.45) is 4.79. The summed E-state index contributed by atoms with van der Waals surface area (Å²) in [5, 5.41) is 3.50. The maximum Gasteiger partial charge on any atom is 0.226 e. The van der Waals surface area contributed by atoms with Crippen LogP contribution in [0.5, 0.6) is 0 Å². The van der Waals surface area contributed by atoms with E-state index in [-0.39, 0.29) is 29.7 Å². The quantitative estimate of drug-likeness (QED) is 0.744. The van der Waals surface area contributed by atoms with Crippen molar-refractivity contribution in [3.05, 3.63) is 53.3 Å². The van der Waals surface area contributed by atoms with Crippen molar-refractivity contribution in [2.45, 2.75) is 57.0 Å². The first kappa shape index (κ1) is 23.2. The largest absolute Gasteiger partial charge is 0.381 e. The van der Waals surface area contributed by atoms with E-state index in [0.717, 1.165) is 63.4 Å². The third-order valence-electron chi connectivity index (χ3n) is 7.91. The topological polar surface area (TPSA) is 70.6 Å².